The summed E-state index contributed by atoms with van der Waals surface area (Å²) in [5.74, 6) is 0.760. The summed E-state index contributed by atoms with van der Waals surface area (Å²) in [5, 5.41) is 0.00146. The van der Waals surface area contributed by atoms with Gasteiger partial charge in [0, 0.05) is 38.2 Å². The van der Waals surface area contributed by atoms with E-state index in [4.69, 9.17) is 11.6 Å². The smallest absolute Gasteiger partial charge is 0.262 e. The maximum atomic E-state index is 13.3. The molecule has 1 unspecified atom stereocenters. The van der Waals surface area contributed by atoms with Gasteiger partial charge in [0.1, 0.15) is 11.5 Å². The van der Waals surface area contributed by atoms with Crippen molar-refractivity contribution < 1.29 is 8.42 Å². The number of imidazole rings is 2. The van der Waals surface area contributed by atoms with Crippen LogP contribution in [0.2, 0.25) is 5.15 Å². The molecule has 1 atom stereocenters. The molecule has 3 aromatic heterocycles. The number of aromatic nitrogens is 4. The zero-order chi connectivity index (χ0) is 18.3. The molecule has 8 nitrogen and oxygen atoms in total. The van der Waals surface area contributed by atoms with Crippen LogP contribution in [-0.4, -0.2) is 63.2 Å². The number of sulfonamides is 1. The largest absolute Gasteiger partial charge is 0.347 e. The van der Waals surface area contributed by atoms with Crippen LogP contribution in [0.25, 0.3) is 5.65 Å². The fraction of sp³-hybridized carbons (Fsp3) is 0.375. The number of rotatable bonds is 4. The van der Waals surface area contributed by atoms with Gasteiger partial charge in [0.25, 0.3) is 10.0 Å². The lowest BCUT2D eigenvalue weighted by molar-refractivity contribution is 0.119. The molecule has 0 spiro atoms. The van der Waals surface area contributed by atoms with Gasteiger partial charge >= 0.3 is 0 Å². The highest BCUT2D eigenvalue weighted by Gasteiger charge is 2.38. The summed E-state index contributed by atoms with van der Waals surface area (Å²) in [5.41, 5.74) is 0.505. The topological polar surface area (TPSA) is 86.6 Å². The Balaban J connectivity index is 1.73. The predicted molar refractivity (Wildman–Crippen MR) is 97.5 cm³/mol. The highest BCUT2D eigenvalue weighted by atomic mass is 35.5. The summed E-state index contributed by atoms with van der Waals surface area (Å²) in [6.07, 6.45) is 5.09. The molecule has 0 bridgehead atoms. The summed E-state index contributed by atoms with van der Waals surface area (Å²) >= 11 is 6.20. The molecule has 4 rings (SSSR count). The molecule has 1 N–H and O–H groups in total. The van der Waals surface area contributed by atoms with Crippen LogP contribution >= 0.6 is 11.6 Å². The lowest BCUT2D eigenvalue weighted by atomic mass is 10.2. The van der Waals surface area contributed by atoms with E-state index in [-0.39, 0.29) is 16.2 Å². The summed E-state index contributed by atoms with van der Waals surface area (Å²) in [4.78, 5) is 13.8. The summed E-state index contributed by atoms with van der Waals surface area (Å²) in [7, 11) is -3.80. The molecule has 0 aromatic carbocycles. The van der Waals surface area contributed by atoms with Crippen molar-refractivity contribution in [3.63, 3.8) is 0 Å². The van der Waals surface area contributed by atoms with Crippen molar-refractivity contribution in [3.8, 4) is 0 Å². The van der Waals surface area contributed by atoms with Gasteiger partial charge in [0.15, 0.2) is 10.2 Å². The monoisotopic (exact) mass is 394 g/mol. The summed E-state index contributed by atoms with van der Waals surface area (Å²) in [6.45, 7) is 4.19. The van der Waals surface area contributed by atoms with Crippen molar-refractivity contribution in [2.24, 2.45) is 0 Å². The number of hydrogen-bond donors (Lipinski definition) is 1. The van der Waals surface area contributed by atoms with Crippen molar-refractivity contribution in [1.82, 2.24) is 28.6 Å². The first-order valence-corrected chi connectivity index (χ1v) is 10.2. The first kappa shape index (κ1) is 17.5. The zero-order valence-corrected chi connectivity index (χ0v) is 15.8. The van der Waals surface area contributed by atoms with Crippen molar-refractivity contribution in [2.75, 3.05) is 26.2 Å². The van der Waals surface area contributed by atoms with Crippen LogP contribution in [-0.2, 0) is 10.0 Å². The van der Waals surface area contributed by atoms with E-state index < -0.39 is 10.0 Å². The van der Waals surface area contributed by atoms with Gasteiger partial charge in [-0.15, -0.1) is 0 Å². The predicted octanol–water partition coefficient (Wildman–Crippen LogP) is 1.78. The van der Waals surface area contributed by atoms with Crippen molar-refractivity contribution in [2.45, 2.75) is 18.0 Å². The highest BCUT2D eigenvalue weighted by molar-refractivity contribution is 7.89. The fourth-order valence-electron chi connectivity index (χ4n) is 3.41. The lowest BCUT2D eigenvalue weighted by Crippen LogP contribution is -2.50. The summed E-state index contributed by atoms with van der Waals surface area (Å²) < 4.78 is 29.6. The molecular formula is C16H19ClN6O2S. The average molecular weight is 395 g/mol. The van der Waals surface area contributed by atoms with E-state index in [1.54, 1.807) is 36.8 Å². The van der Waals surface area contributed by atoms with Crippen LogP contribution in [0.15, 0.2) is 41.8 Å². The maximum absolute atomic E-state index is 13.3. The Labute approximate surface area is 156 Å². The Morgan fingerprint density at radius 3 is 2.92 bits per heavy atom. The van der Waals surface area contributed by atoms with Crippen LogP contribution in [0.3, 0.4) is 0 Å². The Bertz CT molecular complexity index is 1020. The van der Waals surface area contributed by atoms with E-state index in [0.29, 0.717) is 25.3 Å². The first-order chi connectivity index (χ1) is 12.5. The van der Waals surface area contributed by atoms with E-state index in [2.05, 4.69) is 26.8 Å². The minimum absolute atomic E-state index is 0.0105. The maximum Gasteiger partial charge on any atom is 0.262 e. The molecule has 0 aliphatic carbocycles. The van der Waals surface area contributed by atoms with E-state index in [1.807, 2.05) is 0 Å². The van der Waals surface area contributed by atoms with Crippen molar-refractivity contribution >= 4 is 27.3 Å². The quantitative estimate of drug-likeness (QED) is 0.728. The number of piperazine rings is 1. The molecule has 138 valence electrons. The molecule has 0 saturated carbocycles. The Kier molecular flexibility index (Phi) is 4.47. The number of H-pyrrole nitrogens is 1. The molecule has 1 aliphatic rings. The molecule has 1 fully saturated rings. The van der Waals surface area contributed by atoms with Gasteiger partial charge in [-0.1, -0.05) is 24.6 Å². The number of likely N-dealkylation sites (N-methyl/N-ethyl adjacent to an activating group) is 1. The van der Waals surface area contributed by atoms with Crippen LogP contribution in [0.5, 0.6) is 0 Å². The molecule has 1 saturated heterocycles. The van der Waals surface area contributed by atoms with Gasteiger partial charge in [-0.05, 0) is 18.7 Å². The average Bonchev–Trinajstić information content (AvgIpc) is 3.28. The number of pyridine rings is 1. The number of fused-ring (bicyclic) bond motifs is 1. The Morgan fingerprint density at radius 2 is 2.19 bits per heavy atom. The third kappa shape index (κ3) is 2.81. The van der Waals surface area contributed by atoms with E-state index >= 15 is 0 Å². The van der Waals surface area contributed by atoms with Crippen LogP contribution in [0, 0.1) is 0 Å². The molecule has 1 aliphatic heterocycles. The Hall–Kier alpha value is -1.94. The highest BCUT2D eigenvalue weighted by Crippen LogP contribution is 2.30. The molecule has 26 heavy (non-hydrogen) atoms. The fourth-order valence-corrected chi connectivity index (χ4v) is 5.44. The number of aromatic amines is 1. The van der Waals surface area contributed by atoms with E-state index in [1.165, 1.54) is 8.71 Å². The zero-order valence-electron chi connectivity index (χ0n) is 14.2. The number of nitrogens with zero attached hydrogens (tertiary/aromatic N) is 5. The molecule has 0 radical (unpaired) electrons. The van der Waals surface area contributed by atoms with Gasteiger partial charge in [0.2, 0.25) is 0 Å². The number of nitrogens with one attached hydrogen (secondary N) is 1. The minimum atomic E-state index is -3.80. The molecule has 10 heteroatoms. The summed E-state index contributed by atoms with van der Waals surface area (Å²) in [6, 6.07) is 5.15. The second-order valence-electron chi connectivity index (χ2n) is 6.12. The molecule has 4 heterocycles. The Morgan fingerprint density at radius 1 is 1.35 bits per heavy atom. The normalized spacial score (nSPS) is 20.0. The second-order valence-corrected chi connectivity index (χ2v) is 8.33. The van der Waals surface area contributed by atoms with Gasteiger partial charge in [-0.2, -0.15) is 4.31 Å². The van der Waals surface area contributed by atoms with E-state index in [9.17, 15) is 8.42 Å². The van der Waals surface area contributed by atoms with Gasteiger partial charge in [-0.25, -0.2) is 18.4 Å². The molecule has 0 amide bonds. The number of hydrogen-bond acceptors (Lipinski definition) is 5. The minimum Gasteiger partial charge on any atom is -0.347 e. The third-order valence-electron chi connectivity index (χ3n) is 4.73. The third-order valence-corrected chi connectivity index (χ3v) is 6.99. The first-order valence-electron chi connectivity index (χ1n) is 8.38. The number of halogens is 1. The van der Waals surface area contributed by atoms with Gasteiger partial charge in [-0.3, -0.25) is 9.30 Å². The standard InChI is InChI=1S/C16H19ClN6O2S/c1-2-21-9-10-22(11-12(21)15-18-6-7-19-15)26(24,25)16-14(17)20-13-5-3-4-8-23(13)16/h3-8,12H,2,9-11H2,1H3,(H,18,19). The van der Waals surface area contributed by atoms with Crippen molar-refractivity contribution in [3.05, 3.63) is 47.8 Å². The van der Waals surface area contributed by atoms with Crippen LogP contribution in [0.1, 0.15) is 18.8 Å². The SMILES string of the molecule is CCN1CCN(S(=O)(=O)c2c(Cl)nc3ccccn23)CC1c1ncc[nH]1. The molecular weight excluding hydrogens is 376 g/mol. The molecule has 3 aromatic rings. The van der Waals surface area contributed by atoms with E-state index in [0.717, 1.165) is 12.4 Å². The second kappa shape index (κ2) is 6.66. The van der Waals surface area contributed by atoms with Crippen LogP contribution < -0.4 is 0 Å². The van der Waals surface area contributed by atoms with Gasteiger partial charge < -0.3 is 4.98 Å². The lowest BCUT2D eigenvalue weighted by Gasteiger charge is -2.39. The van der Waals surface area contributed by atoms with Gasteiger partial charge in [0.05, 0.1) is 6.04 Å². The van der Waals surface area contributed by atoms with Crippen LogP contribution in [0.4, 0.5) is 0 Å². The van der Waals surface area contributed by atoms with Crippen molar-refractivity contribution in [1.29, 1.82) is 0 Å².